The molecular formula is C22H30N4O4S. The number of rotatable bonds is 5. The van der Waals surface area contributed by atoms with Crippen LogP contribution >= 0.6 is 0 Å². The Morgan fingerprint density at radius 2 is 1.87 bits per heavy atom. The molecule has 1 aliphatic carbocycles. The molecule has 1 atom stereocenters. The summed E-state index contributed by atoms with van der Waals surface area (Å²) in [7, 11) is -3.77. The minimum absolute atomic E-state index is 0.0893. The highest BCUT2D eigenvalue weighted by atomic mass is 32.2. The van der Waals surface area contributed by atoms with Crippen molar-refractivity contribution in [2.24, 2.45) is 16.8 Å². The minimum Gasteiger partial charge on any atom is -0.342 e. The molecule has 2 heterocycles. The monoisotopic (exact) mass is 446 g/mol. The number of carbonyl (C=O) groups is 2. The van der Waals surface area contributed by atoms with Gasteiger partial charge in [-0.15, -0.1) is 0 Å². The summed E-state index contributed by atoms with van der Waals surface area (Å²) in [6.45, 7) is 1.78. The van der Waals surface area contributed by atoms with Crippen molar-refractivity contribution in [3.63, 3.8) is 0 Å². The van der Waals surface area contributed by atoms with Crippen LogP contribution in [0.25, 0.3) is 0 Å². The maximum absolute atomic E-state index is 12.8. The molecule has 2 amide bonds. The van der Waals surface area contributed by atoms with Crippen molar-refractivity contribution < 1.29 is 18.0 Å². The summed E-state index contributed by atoms with van der Waals surface area (Å²) in [4.78, 5) is 31.4. The van der Waals surface area contributed by atoms with Crippen LogP contribution in [0.1, 0.15) is 51.4 Å². The highest BCUT2D eigenvalue weighted by Crippen LogP contribution is 2.32. The third-order valence-electron chi connectivity index (χ3n) is 6.07. The normalized spacial score (nSPS) is 22.3. The lowest BCUT2D eigenvalue weighted by Crippen LogP contribution is -2.44. The van der Waals surface area contributed by atoms with Gasteiger partial charge >= 0.3 is 0 Å². The van der Waals surface area contributed by atoms with E-state index in [0.717, 1.165) is 44.9 Å². The zero-order valence-electron chi connectivity index (χ0n) is 17.7. The molecule has 2 N–H and O–H groups in total. The standard InChI is InChI=1S/C22H30N4O4S/c27-21(17-6-5-13-26(15-17)22(28)16-10-11-16)24-18-7-4-8-19(14-18)31(29,30)25-20-9-2-1-3-12-23-20/h4,7-8,14,16-17H,1-3,5-6,9-13,15H2,(H,23,25)(H,24,27). The van der Waals surface area contributed by atoms with Gasteiger partial charge in [-0.1, -0.05) is 12.5 Å². The Hall–Kier alpha value is -2.42. The summed E-state index contributed by atoms with van der Waals surface area (Å²) < 4.78 is 28.2. The van der Waals surface area contributed by atoms with Gasteiger partial charge in [-0.25, -0.2) is 8.42 Å². The number of benzene rings is 1. The van der Waals surface area contributed by atoms with Crippen LogP contribution in [0.4, 0.5) is 5.69 Å². The topological polar surface area (TPSA) is 108 Å². The summed E-state index contributed by atoms with van der Waals surface area (Å²) >= 11 is 0. The van der Waals surface area contributed by atoms with Gasteiger partial charge in [0.05, 0.1) is 10.8 Å². The molecule has 3 aliphatic rings. The highest BCUT2D eigenvalue weighted by molar-refractivity contribution is 7.90. The molecule has 0 radical (unpaired) electrons. The lowest BCUT2D eigenvalue weighted by Gasteiger charge is -2.32. The van der Waals surface area contributed by atoms with Gasteiger partial charge in [-0.05, 0) is 56.7 Å². The lowest BCUT2D eigenvalue weighted by molar-refractivity contribution is -0.135. The smallest absolute Gasteiger partial charge is 0.262 e. The lowest BCUT2D eigenvalue weighted by atomic mass is 9.96. The van der Waals surface area contributed by atoms with Crippen LogP contribution < -0.4 is 10.0 Å². The van der Waals surface area contributed by atoms with E-state index in [9.17, 15) is 18.0 Å². The summed E-state index contributed by atoms with van der Waals surface area (Å²) in [5, 5.41) is 2.84. The fourth-order valence-corrected chi connectivity index (χ4v) is 5.27. The molecule has 1 aromatic rings. The molecule has 2 aliphatic heterocycles. The van der Waals surface area contributed by atoms with Crippen LogP contribution in [0.3, 0.4) is 0 Å². The van der Waals surface area contributed by atoms with Gasteiger partial charge in [0.25, 0.3) is 10.0 Å². The van der Waals surface area contributed by atoms with Crippen molar-refractivity contribution in [2.75, 3.05) is 25.0 Å². The van der Waals surface area contributed by atoms with E-state index in [1.54, 1.807) is 12.1 Å². The van der Waals surface area contributed by atoms with Crippen molar-refractivity contribution in [3.05, 3.63) is 24.3 Å². The Kier molecular flexibility index (Phi) is 6.60. The number of amidine groups is 1. The van der Waals surface area contributed by atoms with Gasteiger partial charge in [0.2, 0.25) is 11.8 Å². The van der Waals surface area contributed by atoms with Gasteiger partial charge in [0.15, 0.2) is 0 Å². The van der Waals surface area contributed by atoms with Crippen molar-refractivity contribution in [3.8, 4) is 0 Å². The van der Waals surface area contributed by atoms with E-state index in [4.69, 9.17) is 0 Å². The molecular weight excluding hydrogens is 416 g/mol. The first-order chi connectivity index (χ1) is 14.9. The largest absolute Gasteiger partial charge is 0.342 e. The number of nitrogens with zero attached hydrogens (tertiary/aromatic N) is 2. The second kappa shape index (κ2) is 9.38. The van der Waals surface area contributed by atoms with Crippen molar-refractivity contribution in [1.29, 1.82) is 0 Å². The van der Waals surface area contributed by atoms with Crippen LogP contribution in [0, 0.1) is 11.8 Å². The molecule has 1 aromatic carbocycles. The van der Waals surface area contributed by atoms with E-state index in [2.05, 4.69) is 15.0 Å². The Balaban J connectivity index is 1.40. The molecule has 4 rings (SSSR count). The molecule has 168 valence electrons. The predicted octanol–water partition coefficient (Wildman–Crippen LogP) is 2.52. The number of nitrogens with one attached hydrogen (secondary N) is 2. The number of hydrogen-bond donors (Lipinski definition) is 2. The summed E-state index contributed by atoms with van der Waals surface area (Å²) in [5.41, 5.74) is 0.432. The van der Waals surface area contributed by atoms with E-state index < -0.39 is 10.0 Å². The molecule has 0 aromatic heterocycles. The van der Waals surface area contributed by atoms with E-state index >= 15 is 0 Å². The van der Waals surface area contributed by atoms with Crippen LogP contribution in [-0.2, 0) is 19.6 Å². The van der Waals surface area contributed by atoms with Crippen molar-refractivity contribution in [1.82, 2.24) is 9.62 Å². The maximum atomic E-state index is 12.8. The van der Waals surface area contributed by atoms with Gasteiger partial charge < -0.3 is 10.2 Å². The zero-order valence-corrected chi connectivity index (χ0v) is 18.5. The first-order valence-electron chi connectivity index (χ1n) is 11.2. The highest BCUT2D eigenvalue weighted by Gasteiger charge is 2.36. The zero-order chi connectivity index (χ0) is 21.8. The third kappa shape index (κ3) is 5.64. The fraction of sp³-hybridized carbons (Fsp3) is 0.591. The van der Waals surface area contributed by atoms with Crippen molar-refractivity contribution in [2.45, 2.75) is 56.3 Å². The van der Waals surface area contributed by atoms with E-state index in [1.807, 2.05) is 4.90 Å². The summed E-state index contributed by atoms with van der Waals surface area (Å²) in [6.07, 6.45) is 6.98. The fourth-order valence-electron chi connectivity index (χ4n) is 4.14. The number of sulfonamides is 1. The molecule has 0 spiro atoms. The average Bonchev–Trinajstić information content (AvgIpc) is 3.62. The van der Waals surface area contributed by atoms with E-state index in [0.29, 0.717) is 37.6 Å². The van der Waals surface area contributed by atoms with Crippen LogP contribution in [-0.4, -0.2) is 50.6 Å². The Labute approximate surface area is 183 Å². The Morgan fingerprint density at radius 1 is 1.03 bits per heavy atom. The summed E-state index contributed by atoms with van der Waals surface area (Å²) in [6, 6.07) is 6.26. The molecule has 1 saturated carbocycles. The van der Waals surface area contributed by atoms with E-state index in [1.165, 1.54) is 12.1 Å². The first-order valence-corrected chi connectivity index (χ1v) is 12.7. The number of anilines is 1. The van der Waals surface area contributed by atoms with Crippen LogP contribution in [0.5, 0.6) is 0 Å². The van der Waals surface area contributed by atoms with Crippen molar-refractivity contribution >= 4 is 33.4 Å². The van der Waals surface area contributed by atoms with Gasteiger partial charge in [0, 0.05) is 37.7 Å². The first kappa shape index (κ1) is 21.8. The Bertz CT molecular complexity index is 971. The van der Waals surface area contributed by atoms with Gasteiger partial charge in [-0.3, -0.25) is 19.3 Å². The molecule has 1 saturated heterocycles. The Morgan fingerprint density at radius 3 is 2.68 bits per heavy atom. The van der Waals surface area contributed by atoms with Crippen LogP contribution in [0.15, 0.2) is 34.2 Å². The van der Waals surface area contributed by atoms with Crippen LogP contribution in [0.2, 0.25) is 0 Å². The minimum atomic E-state index is -3.77. The van der Waals surface area contributed by atoms with Gasteiger partial charge in [-0.2, -0.15) is 0 Å². The number of aliphatic imine (C=N–C) groups is 1. The maximum Gasteiger partial charge on any atom is 0.262 e. The van der Waals surface area contributed by atoms with Gasteiger partial charge in [0.1, 0.15) is 5.84 Å². The third-order valence-corrected chi connectivity index (χ3v) is 7.45. The molecule has 9 heteroatoms. The number of carbonyl (C=O) groups excluding carboxylic acids is 2. The summed E-state index contributed by atoms with van der Waals surface area (Å²) in [5.74, 6) is 0.348. The number of likely N-dealkylation sites (tertiary alicyclic amines) is 1. The molecule has 2 fully saturated rings. The SMILES string of the molecule is O=C(Nc1cccc(S(=O)(=O)NC2=NCCCCC2)c1)C1CCCN(C(=O)C2CC2)C1. The van der Waals surface area contributed by atoms with E-state index in [-0.39, 0.29) is 28.5 Å². The molecule has 8 nitrogen and oxygen atoms in total. The molecule has 1 unspecified atom stereocenters. The number of piperidine rings is 1. The molecule has 31 heavy (non-hydrogen) atoms. The number of hydrogen-bond acceptors (Lipinski definition) is 5. The predicted molar refractivity (Wildman–Crippen MR) is 118 cm³/mol. The number of amides is 2. The second-order valence-electron chi connectivity index (χ2n) is 8.66. The molecule has 0 bridgehead atoms. The average molecular weight is 447 g/mol. The quantitative estimate of drug-likeness (QED) is 0.724. The second-order valence-corrected chi connectivity index (χ2v) is 10.3.